The second-order valence-electron chi connectivity index (χ2n) is 9.19. The lowest BCUT2D eigenvalue weighted by atomic mass is 9.62. The van der Waals surface area contributed by atoms with E-state index in [2.05, 4.69) is 68.0 Å². The van der Waals surface area contributed by atoms with Gasteiger partial charge < -0.3 is 15.1 Å². The van der Waals surface area contributed by atoms with Crippen LogP contribution >= 0.6 is 0 Å². The summed E-state index contributed by atoms with van der Waals surface area (Å²) in [5, 5.41) is 21.8. The summed E-state index contributed by atoms with van der Waals surface area (Å²) in [6.45, 7) is 9.97. The first-order valence-electron chi connectivity index (χ1n) is 10.3. The predicted octanol–water partition coefficient (Wildman–Crippen LogP) is 3.71. The van der Waals surface area contributed by atoms with Crippen LogP contribution in [0.1, 0.15) is 62.3 Å². The van der Waals surface area contributed by atoms with Crippen molar-refractivity contribution < 1.29 is 10.2 Å². The van der Waals surface area contributed by atoms with Crippen LogP contribution in [-0.2, 0) is 12.0 Å². The molecule has 2 N–H and O–H groups in total. The minimum absolute atomic E-state index is 0.286. The number of hydrogen-bond donors (Lipinski definition) is 2. The van der Waals surface area contributed by atoms with Crippen molar-refractivity contribution in [2.45, 2.75) is 58.2 Å². The third-order valence-corrected chi connectivity index (χ3v) is 6.17. The first-order valence-corrected chi connectivity index (χ1v) is 10.3. The zero-order valence-corrected chi connectivity index (χ0v) is 17.8. The second kappa shape index (κ2) is 7.94. The lowest BCUT2D eigenvalue weighted by Gasteiger charge is -2.56. The zero-order chi connectivity index (χ0) is 20.5. The van der Waals surface area contributed by atoms with E-state index in [9.17, 15) is 10.2 Å². The molecule has 0 unspecified atom stereocenters. The molecule has 1 saturated heterocycles. The maximum absolute atomic E-state index is 12.2. The molecule has 2 heterocycles. The van der Waals surface area contributed by atoms with E-state index in [4.69, 9.17) is 0 Å². The molecule has 1 aromatic carbocycles. The molecule has 1 fully saturated rings. The Morgan fingerprint density at radius 2 is 1.75 bits per heavy atom. The van der Waals surface area contributed by atoms with Gasteiger partial charge >= 0.3 is 0 Å². The van der Waals surface area contributed by atoms with Crippen molar-refractivity contribution in [3.05, 3.63) is 65.0 Å². The molecule has 2 aromatic rings. The first kappa shape index (κ1) is 21.0. The average molecular weight is 383 g/mol. The van der Waals surface area contributed by atoms with E-state index in [1.807, 2.05) is 6.20 Å². The fourth-order valence-electron chi connectivity index (χ4n) is 4.54. The molecule has 1 aromatic heterocycles. The number of aliphatic hydroxyl groups is 2. The van der Waals surface area contributed by atoms with Gasteiger partial charge in [0.05, 0.1) is 6.10 Å². The maximum Gasteiger partial charge on any atom is 0.124 e. The lowest BCUT2D eigenvalue weighted by molar-refractivity contribution is -0.127. The molecule has 0 amide bonds. The molecule has 4 nitrogen and oxygen atoms in total. The van der Waals surface area contributed by atoms with Gasteiger partial charge in [0.15, 0.2) is 0 Å². The summed E-state index contributed by atoms with van der Waals surface area (Å²) >= 11 is 0. The van der Waals surface area contributed by atoms with Gasteiger partial charge in [-0.15, -0.1) is 0 Å². The number of aliphatic hydroxyl groups excluding tert-OH is 1. The van der Waals surface area contributed by atoms with Crippen LogP contribution in [-0.4, -0.2) is 46.3 Å². The summed E-state index contributed by atoms with van der Waals surface area (Å²) < 4.78 is 0. The van der Waals surface area contributed by atoms with Crippen molar-refractivity contribution in [2.75, 3.05) is 20.1 Å². The van der Waals surface area contributed by atoms with Gasteiger partial charge in [0, 0.05) is 36.5 Å². The van der Waals surface area contributed by atoms with Crippen molar-refractivity contribution >= 4 is 0 Å². The largest absolute Gasteiger partial charge is 0.393 e. The molecule has 0 bridgehead atoms. The fourth-order valence-corrected chi connectivity index (χ4v) is 4.54. The topological polar surface area (TPSA) is 56.6 Å². The van der Waals surface area contributed by atoms with Crippen molar-refractivity contribution in [1.82, 2.24) is 9.88 Å². The maximum atomic E-state index is 12.2. The van der Waals surface area contributed by atoms with E-state index in [0.717, 1.165) is 36.2 Å². The highest BCUT2D eigenvalue weighted by molar-refractivity contribution is 5.41. The lowest BCUT2D eigenvalue weighted by Crippen LogP contribution is -2.63. The molecule has 1 aliphatic rings. The first-order chi connectivity index (χ1) is 13.2. The van der Waals surface area contributed by atoms with Gasteiger partial charge in [0.1, 0.15) is 5.60 Å². The van der Waals surface area contributed by atoms with Gasteiger partial charge in [-0.2, -0.15) is 0 Å². The summed E-state index contributed by atoms with van der Waals surface area (Å²) in [5.74, 6) is 0.457. The fraction of sp³-hybridized carbons (Fsp3) is 0.542. The van der Waals surface area contributed by atoms with E-state index in [-0.39, 0.29) is 11.5 Å². The Labute approximate surface area is 169 Å². The van der Waals surface area contributed by atoms with Crippen LogP contribution < -0.4 is 0 Å². The van der Waals surface area contributed by atoms with Gasteiger partial charge in [-0.05, 0) is 55.5 Å². The molecule has 0 radical (unpaired) electrons. The number of pyridine rings is 1. The molecule has 2 atom stereocenters. The van der Waals surface area contributed by atoms with E-state index < -0.39 is 5.60 Å². The predicted molar refractivity (Wildman–Crippen MR) is 113 cm³/mol. The molecule has 1 aliphatic heterocycles. The number of rotatable bonds is 7. The number of likely N-dealkylation sites (tertiary alicyclic amines) is 1. The Morgan fingerprint density at radius 3 is 2.29 bits per heavy atom. The Balaban J connectivity index is 2.04. The summed E-state index contributed by atoms with van der Waals surface area (Å²) in [5.41, 5.74) is 2.68. The SMILES string of the molecule is CC(C)c1ccc([C@](O)(c2cncc(CC[C@H](C)O)c2)C2(C)CN(C)C2)cc1. The monoisotopic (exact) mass is 382 g/mol. The van der Waals surface area contributed by atoms with Crippen molar-refractivity contribution in [3.63, 3.8) is 0 Å². The summed E-state index contributed by atoms with van der Waals surface area (Å²) in [4.78, 5) is 6.67. The van der Waals surface area contributed by atoms with Crippen LogP contribution in [0.2, 0.25) is 0 Å². The Kier molecular flexibility index (Phi) is 5.95. The third-order valence-electron chi connectivity index (χ3n) is 6.17. The number of benzene rings is 1. The molecular formula is C24H34N2O2. The molecule has 28 heavy (non-hydrogen) atoms. The third kappa shape index (κ3) is 3.86. The molecule has 0 saturated carbocycles. The second-order valence-corrected chi connectivity index (χ2v) is 9.19. The minimum atomic E-state index is -1.11. The smallest absolute Gasteiger partial charge is 0.124 e. The van der Waals surface area contributed by atoms with Crippen LogP contribution in [0.3, 0.4) is 0 Å². The highest BCUT2D eigenvalue weighted by Gasteiger charge is 2.55. The standard InChI is InChI=1S/C24H34N2O2/c1-17(2)20-8-10-21(11-9-20)24(28,23(4)15-26(5)16-23)22-12-19(13-25-14-22)7-6-18(3)27/h8-14,17-18,27-28H,6-7,15-16H2,1-5H3/t18-,24-/m0/s1. The minimum Gasteiger partial charge on any atom is -0.393 e. The number of aryl methyl sites for hydroxylation is 1. The summed E-state index contributed by atoms with van der Waals surface area (Å²) in [6.07, 6.45) is 4.73. The quantitative estimate of drug-likeness (QED) is 0.767. The molecule has 4 heteroatoms. The molecule has 0 spiro atoms. The van der Waals surface area contributed by atoms with Gasteiger partial charge in [0.25, 0.3) is 0 Å². The van der Waals surface area contributed by atoms with Crippen LogP contribution in [0.4, 0.5) is 0 Å². The average Bonchev–Trinajstić information content (AvgIpc) is 2.64. The van der Waals surface area contributed by atoms with E-state index in [1.165, 1.54) is 5.56 Å². The van der Waals surface area contributed by atoms with E-state index >= 15 is 0 Å². The number of aromatic nitrogens is 1. The van der Waals surface area contributed by atoms with Crippen molar-refractivity contribution in [2.24, 2.45) is 5.41 Å². The molecular weight excluding hydrogens is 348 g/mol. The van der Waals surface area contributed by atoms with Crippen LogP contribution in [0.5, 0.6) is 0 Å². The number of hydrogen-bond acceptors (Lipinski definition) is 4. The van der Waals surface area contributed by atoms with E-state index in [1.54, 1.807) is 13.1 Å². The van der Waals surface area contributed by atoms with Crippen LogP contribution in [0, 0.1) is 5.41 Å². The van der Waals surface area contributed by atoms with Crippen LogP contribution in [0.25, 0.3) is 0 Å². The Bertz CT molecular complexity index is 795. The Morgan fingerprint density at radius 1 is 1.11 bits per heavy atom. The molecule has 3 rings (SSSR count). The highest BCUT2D eigenvalue weighted by Crippen LogP contribution is 2.50. The van der Waals surface area contributed by atoms with Crippen molar-refractivity contribution in [1.29, 1.82) is 0 Å². The zero-order valence-electron chi connectivity index (χ0n) is 17.8. The molecule has 0 aliphatic carbocycles. The number of nitrogens with zero attached hydrogens (tertiary/aromatic N) is 2. The van der Waals surface area contributed by atoms with E-state index in [0.29, 0.717) is 12.3 Å². The van der Waals surface area contributed by atoms with Crippen LogP contribution in [0.15, 0.2) is 42.7 Å². The van der Waals surface area contributed by atoms with Crippen molar-refractivity contribution in [3.8, 4) is 0 Å². The summed E-state index contributed by atoms with van der Waals surface area (Å²) in [6, 6.07) is 10.5. The van der Waals surface area contributed by atoms with Gasteiger partial charge in [0.2, 0.25) is 0 Å². The normalized spacial score (nSPS) is 19.9. The highest BCUT2D eigenvalue weighted by atomic mass is 16.3. The summed E-state index contributed by atoms with van der Waals surface area (Å²) in [7, 11) is 2.08. The van der Waals surface area contributed by atoms with Gasteiger partial charge in [-0.3, -0.25) is 4.98 Å². The Hall–Kier alpha value is -1.75. The molecule has 152 valence electrons. The van der Waals surface area contributed by atoms with Gasteiger partial charge in [-0.1, -0.05) is 45.0 Å². The van der Waals surface area contributed by atoms with Gasteiger partial charge in [-0.25, -0.2) is 0 Å².